The van der Waals surface area contributed by atoms with Crippen LogP contribution in [0, 0.1) is 44.3 Å². The third kappa shape index (κ3) is 35.7. The molecule has 0 saturated heterocycles. The molecular weight excluding hydrogens is 1420 g/mol. The molecule has 2 aliphatic rings. The number of ether oxygens (including phenoxy) is 16. The molecule has 0 heterocycles. The summed E-state index contributed by atoms with van der Waals surface area (Å²) in [7, 11) is 0. The van der Waals surface area contributed by atoms with Crippen LogP contribution in [-0.2, 0) is 133 Å². The molecule has 0 aliphatic heterocycles. The van der Waals surface area contributed by atoms with Crippen LogP contribution in [-0.4, -0.2) is 214 Å². The standard InChI is InChI=1S/C76H104N2O30/c1-17-55(79)97-41-73(42-98-56(80)18-2,43-99-57(81)19-3)39-93-47-75(49-103-61(85)23-7,50-104-62(86)24-8)107-66(90)30-54-32-70(13,14)35-71(15,34-54)37-77-67(91)96-28-27-95-65(89)29-53-31-69(11,12)36-72(16,33-53)38-78-68(92)108-76(51-105-63(87)25-9,52-106-64(88)26-10)48-94-40-74(44-100-58(82)20-4,45-101-59(83)21-5)46-102-60(84)22-6/h17-26,53-54H,1-10,27-52H2,11-16H3,(H,77,91)(H,78,92). The van der Waals surface area contributed by atoms with E-state index in [2.05, 4.69) is 76.4 Å². The van der Waals surface area contributed by atoms with Gasteiger partial charge in [0.2, 0.25) is 11.2 Å². The fraction of sp³-hybridized carbons (Fsp3) is 0.553. The molecule has 2 rings (SSSR count). The second-order valence-corrected chi connectivity index (χ2v) is 28.7. The van der Waals surface area contributed by atoms with Crippen molar-refractivity contribution in [3.63, 3.8) is 0 Å². The Morgan fingerprint density at radius 2 is 0.574 bits per heavy atom. The first-order valence-electron chi connectivity index (χ1n) is 34.1. The summed E-state index contributed by atoms with van der Waals surface area (Å²) in [5.41, 5.74) is -9.76. The van der Waals surface area contributed by atoms with E-state index < -0.39 is 226 Å². The smallest absolute Gasteiger partial charge is 0.408 e. The monoisotopic (exact) mass is 1520 g/mol. The summed E-state index contributed by atoms with van der Waals surface area (Å²) >= 11 is 0. The zero-order valence-corrected chi connectivity index (χ0v) is 62.6. The third-order valence-corrected chi connectivity index (χ3v) is 16.8. The van der Waals surface area contributed by atoms with E-state index in [0.717, 1.165) is 60.8 Å². The van der Waals surface area contributed by atoms with Crippen molar-refractivity contribution in [2.24, 2.45) is 44.3 Å². The normalized spacial score (nSPS) is 17.8. The number of hydrogen-bond acceptors (Lipinski definition) is 30. The van der Waals surface area contributed by atoms with Crippen molar-refractivity contribution in [2.75, 3.05) is 119 Å². The molecule has 2 saturated carbocycles. The SMILES string of the molecule is C=CC(=O)OCC(COCC(COC(=O)C=C)(COC(=O)C=C)OC(=O)CC1CC(C)(C)CC(C)(CNC(=O)OCCOC(=O)CC2CC(C)(C)CC(C)(CNC(=O)OC(COCC(COC(=O)C=C)(COC(=O)C=C)COC(=O)C=C)(COC(=O)C=C)COC(=O)C=C)C2)C1)(COC(=O)C=C)COC(=O)C=C. The van der Waals surface area contributed by atoms with Crippen molar-refractivity contribution in [3.8, 4) is 0 Å². The second kappa shape index (κ2) is 45.2. The Hall–Kier alpha value is -10.5. The van der Waals surface area contributed by atoms with Crippen molar-refractivity contribution in [1.82, 2.24) is 10.6 Å². The highest BCUT2D eigenvalue weighted by atomic mass is 16.7. The lowest BCUT2D eigenvalue weighted by atomic mass is 9.60. The number of carbonyl (C=O) groups excluding carboxylic acids is 14. The fourth-order valence-corrected chi connectivity index (χ4v) is 12.8. The minimum atomic E-state index is -2.16. The van der Waals surface area contributed by atoms with Crippen molar-refractivity contribution in [3.05, 3.63) is 127 Å². The first-order chi connectivity index (χ1) is 50.7. The molecule has 2 aliphatic carbocycles. The van der Waals surface area contributed by atoms with Crippen LogP contribution in [0.5, 0.6) is 0 Å². The maximum absolute atomic E-state index is 14.3. The van der Waals surface area contributed by atoms with Crippen LogP contribution < -0.4 is 10.6 Å². The van der Waals surface area contributed by atoms with Gasteiger partial charge in [-0.15, -0.1) is 0 Å². The first kappa shape index (κ1) is 93.6. The number of amides is 2. The summed E-state index contributed by atoms with van der Waals surface area (Å²) in [6.45, 7) is 35.5. The van der Waals surface area contributed by atoms with Crippen LogP contribution in [0.4, 0.5) is 9.59 Å². The molecule has 0 radical (unpaired) electrons. The van der Waals surface area contributed by atoms with Crippen LogP contribution >= 0.6 is 0 Å². The van der Waals surface area contributed by atoms with E-state index in [4.69, 9.17) is 75.8 Å². The molecular formula is C76H104N2O30. The molecule has 4 atom stereocenters. The number of carbonyl (C=O) groups is 14. The zero-order valence-electron chi connectivity index (χ0n) is 62.6. The first-order valence-corrected chi connectivity index (χ1v) is 34.1. The molecule has 598 valence electrons. The highest BCUT2D eigenvalue weighted by Gasteiger charge is 2.48. The van der Waals surface area contributed by atoms with E-state index in [0.29, 0.717) is 38.5 Å². The highest BCUT2D eigenvalue weighted by Crippen LogP contribution is 2.51. The van der Waals surface area contributed by atoms with Gasteiger partial charge in [0.15, 0.2) is 0 Å². The predicted octanol–water partition coefficient (Wildman–Crippen LogP) is 6.75. The molecule has 32 nitrogen and oxygen atoms in total. The average Bonchev–Trinajstić information content (AvgIpc) is 0.794. The van der Waals surface area contributed by atoms with Gasteiger partial charge in [0, 0.05) is 86.7 Å². The third-order valence-electron chi connectivity index (χ3n) is 16.8. The van der Waals surface area contributed by atoms with Gasteiger partial charge in [-0.05, 0) is 72.0 Å². The van der Waals surface area contributed by atoms with Crippen LogP contribution in [0.3, 0.4) is 0 Å². The Balaban J connectivity index is 2.27. The van der Waals surface area contributed by atoms with E-state index in [-0.39, 0.29) is 45.1 Å². The maximum atomic E-state index is 14.3. The summed E-state index contributed by atoms with van der Waals surface area (Å²) in [6, 6.07) is 0. The number of nitrogens with one attached hydrogen (secondary N) is 2. The van der Waals surface area contributed by atoms with E-state index in [9.17, 15) is 67.1 Å². The predicted molar refractivity (Wildman–Crippen MR) is 382 cm³/mol. The van der Waals surface area contributed by atoms with Crippen LogP contribution in [0.2, 0.25) is 0 Å². The van der Waals surface area contributed by atoms with E-state index in [1.807, 2.05) is 41.5 Å². The molecule has 32 heteroatoms. The molecule has 2 amide bonds. The number of rotatable bonds is 51. The fourth-order valence-electron chi connectivity index (χ4n) is 12.8. The van der Waals surface area contributed by atoms with Gasteiger partial charge in [-0.3, -0.25) is 9.59 Å². The van der Waals surface area contributed by atoms with Gasteiger partial charge in [0.1, 0.15) is 79.3 Å². The minimum Gasteiger partial charge on any atom is -0.462 e. The Bertz CT molecular complexity index is 3120. The molecule has 2 N–H and O–H groups in total. The van der Waals surface area contributed by atoms with Crippen LogP contribution in [0.1, 0.15) is 92.9 Å². The Morgan fingerprint density at radius 1 is 0.315 bits per heavy atom. The number of esters is 12. The lowest BCUT2D eigenvalue weighted by Crippen LogP contribution is -2.53. The van der Waals surface area contributed by atoms with Crippen molar-refractivity contribution < 1.29 is 143 Å². The summed E-state index contributed by atoms with van der Waals surface area (Å²) in [5.74, 6) is -11.5. The van der Waals surface area contributed by atoms with E-state index in [1.165, 1.54) is 0 Å². The minimum absolute atomic E-state index is 0.0433. The Kier molecular flexibility index (Phi) is 39.2. The van der Waals surface area contributed by atoms with Crippen LogP contribution in [0.15, 0.2) is 127 Å². The largest absolute Gasteiger partial charge is 0.462 e. The summed E-state index contributed by atoms with van der Waals surface area (Å²) < 4.78 is 88.2. The number of alkyl carbamates (subject to hydrolysis) is 2. The van der Waals surface area contributed by atoms with Gasteiger partial charge in [0.25, 0.3) is 0 Å². The van der Waals surface area contributed by atoms with Gasteiger partial charge in [-0.1, -0.05) is 107 Å². The zero-order chi connectivity index (χ0) is 81.4. The summed E-state index contributed by atoms with van der Waals surface area (Å²) in [5, 5.41) is 5.53. The molecule has 0 aromatic carbocycles. The molecule has 0 spiro atoms. The lowest BCUT2D eigenvalue weighted by molar-refractivity contribution is -0.198. The molecule has 108 heavy (non-hydrogen) atoms. The van der Waals surface area contributed by atoms with E-state index >= 15 is 0 Å². The molecule has 0 aromatic rings. The molecule has 0 bridgehead atoms. The topological polar surface area (TPSA) is 411 Å². The maximum Gasteiger partial charge on any atom is 0.408 e. The lowest BCUT2D eigenvalue weighted by Gasteiger charge is -2.46. The Morgan fingerprint density at radius 3 is 0.870 bits per heavy atom. The molecule has 2 fully saturated rings. The van der Waals surface area contributed by atoms with Gasteiger partial charge >= 0.3 is 83.8 Å². The average molecular weight is 1530 g/mol. The molecule has 0 aromatic heterocycles. The van der Waals surface area contributed by atoms with Crippen LogP contribution in [0.25, 0.3) is 0 Å². The van der Waals surface area contributed by atoms with Gasteiger partial charge in [0.05, 0.1) is 37.3 Å². The molecule has 4 unspecified atom stereocenters. The van der Waals surface area contributed by atoms with Crippen molar-refractivity contribution in [2.45, 2.75) is 104 Å². The Labute approximate surface area is 628 Å². The number of hydrogen-bond donors (Lipinski definition) is 2. The van der Waals surface area contributed by atoms with Gasteiger partial charge in [-0.25, -0.2) is 57.5 Å². The summed E-state index contributed by atoms with van der Waals surface area (Å²) in [4.78, 5) is 179. The quantitative estimate of drug-likeness (QED) is 0.0275. The summed E-state index contributed by atoms with van der Waals surface area (Å²) in [6.07, 6.45) is 9.11. The highest BCUT2D eigenvalue weighted by molar-refractivity contribution is 5.85. The van der Waals surface area contributed by atoms with Gasteiger partial charge in [-0.2, -0.15) is 0 Å². The van der Waals surface area contributed by atoms with Crippen molar-refractivity contribution in [1.29, 1.82) is 0 Å². The van der Waals surface area contributed by atoms with E-state index in [1.54, 1.807) is 0 Å². The van der Waals surface area contributed by atoms with Gasteiger partial charge < -0.3 is 86.4 Å². The second-order valence-electron chi connectivity index (χ2n) is 28.7. The van der Waals surface area contributed by atoms with Crippen molar-refractivity contribution >= 4 is 83.8 Å².